The number of likely N-dealkylation sites (tertiary alicyclic amines) is 1. The van der Waals surface area contributed by atoms with Crippen LogP contribution in [0.3, 0.4) is 0 Å². The Kier molecular flexibility index (Phi) is 3.88. The van der Waals surface area contributed by atoms with Gasteiger partial charge in [-0.25, -0.2) is 0 Å². The molecule has 122 valence electrons. The van der Waals surface area contributed by atoms with E-state index in [0.29, 0.717) is 0 Å². The van der Waals surface area contributed by atoms with E-state index in [1.54, 1.807) is 12.4 Å². The first kappa shape index (κ1) is 14.8. The van der Waals surface area contributed by atoms with Crippen molar-refractivity contribution in [3.05, 3.63) is 36.4 Å². The van der Waals surface area contributed by atoms with Crippen LogP contribution >= 0.6 is 0 Å². The number of rotatable bonds is 3. The van der Waals surface area contributed by atoms with Gasteiger partial charge in [0, 0.05) is 50.2 Å². The fraction of sp³-hybridized carbons (Fsp3) is 0.529. The van der Waals surface area contributed by atoms with E-state index in [9.17, 15) is 0 Å². The summed E-state index contributed by atoms with van der Waals surface area (Å²) in [5.74, 6) is 0.901. The van der Waals surface area contributed by atoms with Crippen LogP contribution in [-0.4, -0.2) is 65.4 Å². The first-order chi connectivity index (χ1) is 11.2. The molecule has 4 rings (SSSR count). The molecule has 6 heteroatoms. The highest BCUT2D eigenvalue weighted by molar-refractivity contribution is 5.57. The van der Waals surface area contributed by atoms with Crippen LogP contribution in [0.5, 0.6) is 0 Å². The summed E-state index contributed by atoms with van der Waals surface area (Å²) < 4.78 is 11.6. The number of likely N-dealkylation sites (N-methyl/N-ethyl adjacent to an activating group) is 1. The second-order valence-corrected chi connectivity index (χ2v) is 6.64. The second kappa shape index (κ2) is 6.03. The summed E-state index contributed by atoms with van der Waals surface area (Å²) in [5.41, 5.74) is 1.90. The minimum absolute atomic E-state index is 0.000943. The average Bonchev–Trinajstić information content (AvgIpc) is 3.16. The van der Waals surface area contributed by atoms with E-state index in [1.165, 1.54) is 0 Å². The number of hydrogen-bond acceptors (Lipinski definition) is 6. The first-order valence-electron chi connectivity index (χ1n) is 8.13. The highest BCUT2D eigenvalue weighted by Crippen LogP contribution is 2.30. The van der Waals surface area contributed by atoms with Crippen molar-refractivity contribution < 1.29 is 9.26 Å². The Morgan fingerprint density at radius 2 is 2.09 bits per heavy atom. The van der Waals surface area contributed by atoms with Gasteiger partial charge >= 0.3 is 0 Å². The third kappa shape index (κ3) is 3.15. The maximum atomic E-state index is 6.10. The highest BCUT2D eigenvalue weighted by atomic mass is 16.5. The fourth-order valence-corrected chi connectivity index (χ4v) is 3.61. The molecule has 4 heterocycles. The molecule has 2 fully saturated rings. The van der Waals surface area contributed by atoms with Gasteiger partial charge in [0.2, 0.25) is 0 Å². The summed E-state index contributed by atoms with van der Waals surface area (Å²) in [6.45, 7) is 5.66. The van der Waals surface area contributed by atoms with Crippen molar-refractivity contribution in [3.8, 4) is 11.3 Å². The van der Waals surface area contributed by atoms with Gasteiger partial charge in [-0.05, 0) is 25.6 Å². The average molecular weight is 314 g/mol. The minimum atomic E-state index is 0.000943. The van der Waals surface area contributed by atoms with Crippen molar-refractivity contribution in [2.75, 3.05) is 39.8 Å². The lowest BCUT2D eigenvalue weighted by atomic mass is 10.0. The van der Waals surface area contributed by atoms with Crippen molar-refractivity contribution in [1.82, 2.24) is 19.9 Å². The van der Waals surface area contributed by atoms with Crippen LogP contribution in [0.2, 0.25) is 0 Å². The molecular weight excluding hydrogens is 292 g/mol. The third-order valence-corrected chi connectivity index (χ3v) is 4.75. The third-order valence-electron chi connectivity index (χ3n) is 4.75. The summed E-state index contributed by atoms with van der Waals surface area (Å²) in [7, 11) is 2.17. The van der Waals surface area contributed by atoms with Crippen LogP contribution in [0.15, 0.2) is 35.1 Å². The molecule has 0 saturated carbocycles. The van der Waals surface area contributed by atoms with Gasteiger partial charge in [0.15, 0.2) is 5.76 Å². The van der Waals surface area contributed by atoms with Gasteiger partial charge in [-0.1, -0.05) is 5.16 Å². The molecule has 2 aromatic rings. The van der Waals surface area contributed by atoms with Gasteiger partial charge in [0.1, 0.15) is 5.69 Å². The quantitative estimate of drug-likeness (QED) is 0.858. The zero-order chi connectivity index (χ0) is 15.7. The Balaban J connectivity index is 1.41. The van der Waals surface area contributed by atoms with Crippen molar-refractivity contribution >= 4 is 0 Å². The molecule has 0 aromatic carbocycles. The van der Waals surface area contributed by atoms with Crippen LogP contribution in [0, 0.1) is 0 Å². The Morgan fingerprint density at radius 1 is 1.22 bits per heavy atom. The molecule has 0 bridgehead atoms. The normalized spacial score (nSPS) is 26.1. The predicted octanol–water partition coefficient (Wildman–Crippen LogP) is 1.64. The van der Waals surface area contributed by atoms with Crippen LogP contribution < -0.4 is 0 Å². The molecule has 1 atom stereocenters. The van der Waals surface area contributed by atoms with E-state index in [2.05, 4.69) is 27.0 Å². The second-order valence-electron chi connectivity index (χ2n) is 6.64. The van der Waals surface area contributed by atoms with Gasteiger partial charge in [-0.2, -0.15) is 0 Å². The molecule has 2 aliphatic rings. The van der Waals surface area contributed by atoms with Crippen LogP contribution in [-0.2, 0) is 11.3 Å². The summed E-state index contributed by atoms with van der Waals surface area (Å²) in [5, 5.41) is 4.18. The Labute approximate surface area is 136 Å². The molecule has 6 nitrogen and oxygen atoms in total. The largest absolute Gasteiger partial charge is 0.371 e. The molecule has 1 spiro atoms. The zero-order valence-corrected chi connectivity index (χ0v) is 13.4. The topological polar surface area (TPSA) is 54.6 Å². The van der Waals surface area contributed by atoms with Crippen LogP contribution in [0.25, 0.3) is 11.3 Å². The van der Waals surface area contributed by atoms with E-state index < -0.39 is 0 Å². The maximum Gasteiger partial charge on any atom is 0.151 e. The summed E-state index contributed by atoms with van der Waals surface area (Å²) >= 11 is 0. The van der Waals surface area contributed by atoms with Crippen molar-refractivity contribution in [3.63, 3.8) is 0 Å². The molecular formula is C17H22N4O2. The number of aromatic nitrogens is 2. The summed E-state index contributed by atoms with van der Waals surface area (Å²) in [6, 6.07) is 5.91. The van der Waals surface area contributed by atoms with E-state index >= 15 is 0 Å². The van der Waals surface area contributed by atoms with Crippen LogP contribution in [0.4, 0.5) is 0 Å². The van der Waals surface area contributed by atoms with E-state index in [4.69, 9.17) is 9.26 Å². The van der Waals surface area contributed by atoms with Gasteiger partial charge in [-0.3, -0.25) is 9.88 Å². The molecule has 0 aliphatic carbocycles. The van der Waals surface area contributed by atoms with Gasteiger partial charge in [0.25, 0.3) is 0 Å². The predicted molar refractivity (Wildman–Crippen MR) is 85.8 cm³/mol. The zero-order valence-electron chi connectivity index (χ0n) is 13.4. The van der Waals surface area contributed by atoms with E-state index in [1.807, 2.05) is 18.2 Å². The molecule has 0 radical (unpaired) electrons. The monoisotopic (exact) mass is 314 g/mol. The number of nitrogens with zero attached hydrogens (tertiary/aromatic N) is 4. The summed E-state index contributed by atoms with van der Waals surface area (Å²) in [4.78, 5) is 8.79. The first-order valence-corrected chi connectivity index (χ1v) is 8.13. The van der Waals surface area contributed by atoms with Crippen molar-refractivity contribution in [1.29, 1.82) is 0 Å². The number of pyridine rings is 1. The molecule has 0 amide bonds. The van der Waals surface area contributed by atoms with Gasteiger partial charge in [0.05, 0.1) is 18.8 Å². The van der Waals surface area contributed by atoms with Crippen molar-refractivity contribution in [2.45, 2.75) is 18.6 Å². The molecule has 2 aliphatic heterocycles. The summed E-state index contributed by atoms with van der Waals surface area (Å²) in [6.07, 6.45) is 4.62. The Hall–Kier alpha value is -1.76. The lowest BCUT2D eigenvalue weighted by Crippen LogP contribution is -2.51. The highest BCUT2D eigenvalue weighted by Gasteiger charge is 2.42. The minimum Gasteiger partial charge on any atom is -0.371 e. The lowest BCUT2D eigenvalue weighted by molar-refractivity contribution is -0.0952. The molecule has 2 aromatic heterocycles. The SMILES string of the molecule is CN1CCOC2(CCN(Cc3cc(-c4ccncc4)no3)C2)C1. The van der Waals surface area contributed by atoms with Gasteiger partial charge in [-0.15, -0.1) is 0 Å². The lowest BCUT2D eigenvalue weighted by Gasteiger charge is -2.38. The van der Waals surface area contributed by atoms with E-state index in [0.717, 1.165) is 62.8 Å². The molecule has 23 heavy (non-hydrogen) atoms. The molecule has 0 N–H and O–H groups in total. The van der Waals surface area contributed by atoms with Crippen LogP contribution in [0.1, 0.15) is 12.2 Å². The fourth-order valence-electron chi connectivity index (χ4n) is 3.61. The number of hydrogen-bond donors (Lipinski definition) is 0. The Bertz CT molecular complexity index is 660. The number of morpholine rings is 1. The number of ether oxygens (including phenoxy) is 1. The molecule has 1 unspecified atom stereocenters. The Morgan fingerprint density at radius 3 is 2.91 bits per heavy atom. The van der Waals surface area contributed by atoms with Crippen molar-refractivity contribution in [2.24, 2.45) is 0 Å². The van der Waals surface area contributed by atoms with E-state index in [-0.39, 0.29) is 5.60 Å². The van der Waals surface area contributed by atoms with Gasteiger partial charge < -0.3 is 14.2 Å². The molecule has 2 saturated heterocycles. The maximum absolute atomic E-state index is 6.10. The smallest absolute Gasteiger partial charge is 0.151 e. The standard InChI is InChI=1S/C17H22N4O2/c1-20-8-9-22-17(12-20)4-7-21(13-17)11-15-10-16(19-23-15)14-2-5-18-6-3-14/h2-3,5-6,10H,4,7-9,11-13H2,1H3.